The summed E-state index contributed by atoms with van der Waals surface area (Å²) in [5.41, 5.74) is 1.37. The van der Waals surface area contributed by atoms with Crippen LogP contribution in [0.25, 0.3) is 6.08 Å². The smallest absolute Gasteiger partial charge is 0.288 e. The lowest BCUT2D eigenvalue weighted by Crippen LogP contribution is -2.26. The molecule has 1 aromatic rings. The van der Waals surface area contributed by atoms with Gasteiger partial charge in [0.05, 0.1) is 0 Å². The Morgan fingerprint density at radius 1 is 1.33 bits per heavy atom. The number of benzene rings is 1. The van der Waals surface area contributed by atoms with Gasteiger partial charge in [0.2, 0.25) is 5.78 Å². The molecule has 1 rings (SSSR count). The van der Waals surface area contributed by atoms with E-state index in [2.05, 4.69) is 0 Å². The van der Waals surface area contributed by atoms with Crippen LogP contribution in [0.15, 0.2) is 30.3 Å². The summed E-state index contributed by atoms with van der Waals surface area (Å²) in [5.74, 6) is -2.62. The molecule has 0 saturated carbocycles. The number of hydroxylamine groups is 1. The highest BCUT2D eigenvalue weighted by molar-refractivity contribution is 6.41. The molecule has 0 fully saturated rings. The number of amides is 1. The summed E-state index contributed by atoms with van der Waals surface area (Å²) >= 11 is 0. The van der Waals surface area contributed by atoms with Gasteiger partial charge < -0.3 is 0 Å². The van der Waals surface area contributed by atoms with Crippen LogP contribution in [0.3, 0.4) is 0 Å². The summed E-state index contributed by atoms with van der Waals surface area (Å²) in [4.78, 5) is 21.4. The first-order chi connectivity index (χ1) is 7.15. The van der Waals surface area contributed by atoms with Crippen LogP contribution in [0, 0.1) is 5.82 Å². The number of rotatable bonds is 3. The van der Waals surface area contributed by atoms with Crippen LogP contribution in [0.4, 0.5) is 4.39 Å². The lowest BCUT2D eigenvalue weighted by molar-refractivity contribution is -0.140. The van der Waals surface area contributed by atoms with Crippen molar-refractivity contribution in [2.45, 2.75) is 0 Å². The SMILES string of the molecule is O=C(/C=C/c1ccccc1F)C(=O)NO. The lowest BCUT2D eigenvalue weighted by Gasteiger charge is -1.94. The third-order valence-corrected chi connectivity index (χ3v) is 1.64. The van der Waals surface area contributed by atoms with Gasteiger partial charge in [-0.15, -0.1) is 0 Å². The third kappa shape index (κ3) is 2.99. The second-order valence-electron chi connectivity index (χ2n) is 2.66. The van der Waals surface area contributed by atoms with Crippen LogP contribution in [0.2, 0.25) is 0 Å². The van der Waals surface area contributed by atoms with Crippen molar-refractivity contribution in [1.29, 1.82) is 0 Å². The van der Waals surface area contributed by atoms with E-state index in [0.29, 0.717) is 0 Å². The third-order valence-electron chi connectivity index (χ3n) is 1.64. The highest BCUT2D eigenvalue weighted by Gasteiger charge is 2.07. The molecule has 5 heteroatoms. The molecule has 0 saturated heterocycles. The van der Waals surface area contributed by atoms with Crippen LogP contribution in [-0.2, 0) is 9.59 Å². The quantitative estimate of drug-likeness (QED) is 0.336. The van der Waals surface area contributed by atoms with Gasteiger partial charge in [0, 0.05) is 5.56 Å². The molecule has 0 spiro atoms. The first kappa shape index (κ1) is 11.1. The Hall–Kier alpha value is -2.01. The van der Waals surface area contributed by atoms with Crippen molar-refractivity contribution in [1.82, 2.24) is 5.48 Å². The minimum Gasteiger partial charge on any atom is -0.288 e. The monoisotopic (exact) mass is 209 g/mol. The van der Waals surface area contributed by atoms with Crippen molar-refractivity contribution in [2.24, 2.45) is 0 Å². The molecule has 0 aliphatic heterocycles. The number of halogens is 1. The summed E-state index contributed by atoms with van der Waals surface area (Å²) < 4.78 is 13.0. The van der Waals surface area contributed by atoms with Crippen LogP contribution in [0.5, 0.6) is 0 Å². The van der Waals surface area contributed by atoms with Crippen LogP contribution in [0.1, 0.15) is 5.56 Å². The number of nitrogens with one attached hydrogen (secondary N) is 1. The summed E-state index contributed by atoms with van der Waals surface area (Å²) in [7, 11) is 0. The molecule has 0 aliphatic rings. The predicted octanol–water partition coefficient (Wildman–Crippen LogP) is 0.913. The highest BCUT2D eigenvalue weighted by Crippen LogP contribution is 2.07. The van der Waals surface area contributed by atoms with Crippen LogP contribution in [-0.4, -0.2) is 16.9 Å². The Balaban J connectivity index is 2.78. The zero-order chi connectivity index (χ0) is 11.3. The van der Waals surface area contributed by atoms with Crippen LogP contribution >= 0.6 is 0 Å². The average molecular weight is 209 g/mol. The first-order valence-corrected chi connectivity index (χ1v) is 4.06. The molecule has 0 bridgehead atoms. The topological polar surface area (TPSA) is 66.4 Å². The minimum absolute atomic E-state index is 0.191. The Morgan fingerprint density at radius 3 is 2.60 bits per heavy atom. The van der Waals surface area contributed by atoms with E-state index in [1.165, 1.54) is 23.7 Å². The Bertz CT molecular complexity index is 415. The normalized spacial score (nSPS) is 10.3. The number of carbonyl (C=O) groups is 2. The Labute approximate surface area is 85.0 Å². The van der Waals surface area contributed by atoms with E-state index in [0.717, 1.165) is 12.2 Å². The molecule has 0 atom stereocenters. The van der Waals surface area contributed by atoms with E-state index in [9.17, 15) is 14.0 Å². The average Bonchev–Trinajstić information content (AvgIpc) is 2.26. The molecule has 1 aromatic carbocycles. The van der Waals surface area contributed by atoms with Crippen molar-refractivity contribution < 1.29 is 19.2 Å². The maximum atomic E-state index is 13.0. The van der Waals surface area contributed by atoms with E-state index in [-0.39, 0.29) is 5.56 Å². The van der Waals surface area contributed by atoms with Crippen molar-refractivity contribution in [2.75, 3.05) is 0 Å². The second-order valence-corrected chi connectivity index (χ2v) is 2.66. The fraction of sp³-hybridized carbons (Fsp3) is 0. The molecule has 4 nitrogen and oxygen atoms in total. The molecule has 0 radical (unpaired) electrons. The molecule has 15 heavy (non-hydrogen) atoms. The number of hydrogen-bond donors (Lipinski definition) is 2. The largest absolute Gasteiger partial charge is 0.315 e. The molecule has 78 valence electrons. The Morgan fingerprint density at radius 2 is 2.00 bits per heavy atom. The lowest BCUT2D eigenvalue weighted by atomic mass is 10.2. The number of hydrogen-bond acceptors (Lipinski definition) is 3. The molecular weight excluding hydrogens is 201 g/mol. The van der Waals surface area contributed by atoms with Crippen molar-refractivity contribution in [3.63, 3.8) is 0 Å². The Kier molecular flexibility index (Phi) is 3.70. The van der Waals surface area contributed by atoms with Gasteiger partial charge in [0.25, 0.3) is 0 Å². The molecular formula is C10H8FNO3. The van der Waals surface area contributed by atoms with Gasteiger partial charge in [-0.2, -0.15) is 0 Å². The molecule has 0 unspecified atom stereocenters. The van der Waals surface area contributed by atoms with Gasteiger partial charge in [0.15, 0.2) is 0 Å². The standard InChI is InChI=1S/C10H8FNO3/c11-8-4-2-1-3-7(8)5-6-9(13)10(14)12-15/h1-6,15H,(H,12,14)/b6-5+. The minimum atomic E-state index is -1.16. The fourth-order valence-corrected chi connectivity index (χ4v) is 0.907. The zero-order valence-electron chi connectivity index (χ0n) is 7.61. The number of carbonyl (C=O) groups excluding carboxylic acids is 2. The number of ketones is 1. The first-order valence-electron chi connectivity index (χ1n) is 4.06. The van der Waals surface area contributed by atoms with E-state index in [4.69, 9.17) is 5.21 Å². The van der Waals surface area contributed by atoms with Crippen molar-refractivity contribution >= 4 is 17.8 Å². The molecule has 1 amide bonds. The maximum Gasteiger partial charge on any atom is 0.315 e. The maximum absolute atomic E-state index is 13.0. The molecule has 0 heterocycles. The zero-order valence-corrected chi connectivity index (χ0v) is 7.61. The molecule has 0 aromatic heterocycles. The summed E-state index contributed by atoms with van der Waals surface area (Å²) in [5, 5.41) is 8.13. The summed E-state index contributed by atoms with van der Waals surface area (Å²) in [6, 6.07) is 5.79. The molecule has 2 N–H and O–H groups in total. The van der Waals surface area contributed by atoms with Gasteiger partial charge in [-0.1, -0.05) is 18.2 Å². The van der Waals surface area contributed by atoms with E-state index in [1.807, 2.05) is 0 Å². The van der Waals surface area contributed by atoms with Crippen LogP contribution < -0.4 is 5.48 Å². The van der Waals surface area contributed by atoms with E-state index in [1.54, 1.807) is 6.07 Å². The van der Waals surface area contributed by atoms with Crippen molar-refractivity contribution in [3.05, 3.63) is 41.7 Å². The summed E-state index contributed by atoms with van der Waals surface area (Å²) in [6.45, 7) is 0. The van der Waals surface area contributed by atoms with Gasteiger partial charge >= 0.3 is 5.91 Å². The van der Waals surface area contributed by atoms with Gasteiger partial charge in [-0.3, -0.25) is 14.8 Å². The second kappa shape index (κ2) is 5.02. The van der Waals surface area contributed by atoms with Crippen molar-refractivity contribution in [3.8, 4) is 0 Å². The van der Waals surface area contributed by atoms with Gasteiger partial charge in [-0.05, 0) is 18.2 Å². The van der Waals surface area contributed by atoms with Gasteiger partial charge in [0.1, 0.15) is 5.82 Å². The van der Waals surface area contributed by atoms with E-state index < -0.39 is 17.5 Å². The van der Waals surface area contributed by atoms with E-state index >= 15 is 0 Å². The van der Waals surface area contributed by atoms with Gasteiger partial charge in [-0.25, -0.2) is 9.87 Å². The fourth-order valence-electron chi connectivity index (χ4n) is 0.907. The predicted molar refractivity (Wildman–Crippen MR) is 50.4 cm³/mol. The summed E-state index contributed by atoms with van der Waals surface area (Å²) in [6.07, 6.45) is 2.04. The molecule has 0 aliphatic carbocycles. The highest BCUT2D eigenvalue weighted by atomic mass is 19.1.